The van der Waals surface area contributed by atoms with Crippen molar-refractivity contribution < 1.29 is 17.4 Å². The van der Waals surface area contributed by atoms with Crippen LogP contribution in [0.25, 0.3) is 23.0 Å². The number of rotatable bonds is 3. The summed E-state index contributed by atoms with van der Waals surface area (Å²) in [5.41, 5.74) is -0.520. The monoisotopic (exact) mass is 307 g/mol. The van der Waals surface area contributed by atoms with Crippen LogP contribution in [-0.4, -0.2) is 29.8 Å². The summed E-state index contributed by atoms with van der Waals surface area (Å²) in [7, 11) is -3.46. The fourth-order valence-corrected chi connectivity index (χ4v) is 2.28. The third-order valence-corrected chi connectivity index (χ3v) is 3.80. The second-order valence-electron chi connectivity index (χ2n) is 4.25. The summed E-state index contributed by atoms with van der Waals surface area (Å²) in [4.78, 5) is 18.1. The number of hydrogen-bond acceptors (Lipinski definition) is 7. The maximum Gasteiger partial charge on any atom is 0.293 e. The molecular weight excluding hydrogens is 298 g/mol. The highest BCUT2D eigenvalue weighted by Gasteiger charge is 2.17. The van der Waals surface area contributed by atoms with Crippen molar-refractivity contribution in [1.29, 1.82) is 0 Å². The molecule has 0 aliphatic rings. The molecule has 0 amide bonds. The van der Waals surface area contributed by atoms with Gasteiger partial charge in [-0.2, -0.15) is 4.98 Å². The highest BCUT2D eigenvalue weighted by atomic mass is 32.2. The van der Waals surface area contributed by atoms with E-state index in [1.165, 1.54) is 12.3 Å². The Labute approximate surface area is 118 Å². The van der Waals surface area contributed by atoms with Gasteiger partial charge in [0.15, 0.2) is 15.6 Å². The zero-order valence-corrected chi connectivity index (χ0v) is 11.5. The first-order chi connectivity index (χ1) is 9.95. The van der Waals surface area contributed by atoms with Crippen LogP contribution in [0.2, 0.25) is 0 Å². The van der Waals surface area contributed by atoms with E-state index < -0.39 is 15.4 Å². The van der Waals surface area contributed by atoms with Gasteiger partial charge in [-0.15, -0.1) is 0 Å². The summed E-state index contributed by atoms with van der Waals surface area (Å²) in [6, 6.07) is 4.47. The highest BCUT2D eigenvalue weighted by Crippen LogP contribution is 2.21. The van der Waals surface area contributed by atoms with E-state index in [1.54, 1.807) is 12.1 Å². The number of aromatic amines is 1. The van der Waals surface area contributed by atoms with Gasteiger partial charge in [0.2, 0.25) is 5.82 Å². The molecule has 0 unspecified atom stereocenters. The molecular formula is C12H9N3O5S. The fourth-order valence-electron chi connectivity index (χ4n) is 1.68. The lowest BCUT2D eigenvalue weighted by atomic mass is 10.2. The number of pyridine rings is 1. The molecule has 9 heteroatoms. The predicted molar refractivity (Wildman–Crippen MR) is 71.2 cm³/mol. The number of H-pyrrole nitrogens is 1. The van der Waals surface area contributed by atoms with E-state index in [2.05, 4.69) is 15.1 Å². The smallest absolute Gasteiger partial charge is 0.293 e. The molecule has 3 aromatic rings. The number of sulfone groups is 1. The predicted octanol–water partition coefficient (Wildman–Crippen LogP) is 1.09. The third kappa shape index (κ3) is 2.50. The van der Waals surface area contributed by atoms with Crippen molar-refractivity contribution in [3.63, 3.8) is 0 Å². The van der Waals surface area contributed by atoms with Crippen LogP contribution in [0.5, 0.6) is 0 Å². The van der Waals surface area contributed by atoms with Gasteiger partial charge < -0.3 is 13.9 Å². The summed E-state index contributed by atoms with van der Waals surface area (Å²) in [6.45, 7) is 0. The van der Waals surface area contributed by atoms with Crippen LogP contribution in [0, 0.1) is 0 Å². The first kappa shape index (κ1) is 13.3. The third-order valence-electron chi connectivity index (χ3n) is 2.70. The van der Waals surface area contributed by atoms with Crippen LogP contribution < -0.4 is 5.56 Å². The second kappa shape index (κ2) is 4.70. The van der Waals surface area contributed by atoms with Gasteiger partial charge in [0.05, 0.1) is 16.7 Å². The van der Waals surface area contributed by atoms with Crippen LogP contribution in [0.3, 0.4) is 0 Å². The molecule has 0 spiro atoms. The molecule has 0 aliphatic heterocycles. The Hall–Kier alpha value is -2.68. The normalized spacial score (nSPS) is 11.7. The first-order valence-electron chi connectivity index (χ1n) is 5.76. The van der Waals surface area contributed by atoms with E-state index in [0.717, 1.165) is 12.5 Å². The lowest BCUT2D eigenvalue weighted by Gasteiger charge is -1.99. The van der Waals surface area contributed by atoms with Gasteiger partial charge in [-0.3, -0.25) is 4.79 Å². The zero-order valence-electron chi connectivity index (χ0n) is 10.7. The Morgan fingerprint density at radius 3 is 2.81 bits per heavy atom. The van der Waals surface area contributed by atoms with Crippen molar-refractivity contribution in [1.82, 2.24) is 15.1 Å². The van der Waals surface area contributed by atoms with E-state index in [4.69, 9.17) is 8.94 Å². The van der Waals surface area contributed by atoms with Crippen LogP contribution in [0.1, 0.15) is 0 Å². The lowest BCUT2D eigenvalue weighted by Crippen LogP contribution is -2.11. The minimum Gasteiger partial charge on any atom is -0.459 e. The van der Waals surface area contributed by atoms with E-state index >= 15 is 0 Å². The van der Waals surface area contributed by atoms with Gasteiger partial charge in [-0.05, 0) is 18.2 Å². The standard InChI is InChI=1S/C12H9N3O5S/c1-21(17,18)7-5-8(11(16)13-6-7)10-14-12(20-15-10)9-3-2-4-19-9/h2-6H,1H3,(H,13,16). The molecule has 8 nitrogen and oxygen atoms in total. The number of nitrogens with one attached hydrogen (secondary N) is 1. The summed E-state index contributed by atoms with van der Waals surface area (Å²) in [5.74, 6) is 0.428. The maximum atomic E-state index is 11.8. The van der Waals surface area contributed by atoms with Crippen molar-refractivity contribution in [2.45, 2.75) is 4.90 Å². The number of nitrogens with zero attached hydrogens (tertiary/aromatic N) is 2. The summed E-state index contributed by atoms with van der Waals surface area (Å²) in [5, 5.41) is 3.67. The zero-order chi connectivity index (χ0) is 15.0. The lowest BCUT2D eigenvalue weighted by molar-refractivity contribution is 0.417. The van der Waals surface area contributed by atoms with E-state index in [-0.39, 0.29) is 22.2 Å². The molecule has 21 heavy (non-hydrogen) atoms. The van der Waals surface area contributed by atoms with E-state index in [9.17, 15) is 13.2 Å². The second-order valence-corrected chi connectivity index (χ2v) is 6.27. The topological polar surface area (TPSA) is 119 Å². The molecule has 0 radical (unpaired) electrons. The quantitative estimate of drug-likeness (QED) is 0.769. The average molecular weight is 307 g/mol. The van der Waals surface area contributed by atoms with Gasteiger partial charge >= 0.3 is 0 Å². The molecule has 0 atom stereocenters. The largest absolute Gasteiger partial charge is 0.459 e. The molecule has 1 N–H and O–H groups in total. The summed E-state index contributed by atoms with van der Waals surface area (Å²) in [6.07, 6.45) is 3.60. The Kier molecular flexibility index (Phi) is 2.98. The Bertz CT molecular complexity index is 937. The number of furan rings is 1. The average Bonchev–Trinajstić information content (AvgIpc) is 3.09. The molecule has 0 saturated heterocycles. The molecule has 0 saturated carbocycles. The molecule has 3 rings (SSSR count). The highest BCUT2D eigenvalue weighted by molar-refractivity contribution is 7.90. The molecule has 0 aliphatic carbocycles. The van der Waals surface area contributed by atoms with E-state index in [1.807, 2.05) is 0 Å². The maximum absolute atomic E-state index is 11.8. The molecule has 0 fully saturated rings. The minimum absolute atomic E-state index is 0.000480. The van der Waals surface area contributed by atoms with Crippen molar-refractivity contribution in [3.8, 4) is 23.0 Å². The van der Waals surface area contributed by atoms with Crippen molar-refractivity contribution in [2.24, 2.45) is 0 Å². The molecule has 0 aromatic carbocycles. The summed E-state index contributed by atoms with van der Waals surface area (Å²) < 4.78 is 33.1. The number of hydrogen-bond donors (Lipinski definition) is 1. The van der Waals surface area contributed by atoms with Crippen LogP contribution in [0.15, 0.2) is 49.3 Å². The fraction of sp³-hybridized carbons (Fsp3) is 0.0833. The molecule has 3 heterocycles. The summed E-state index contributed by atoms with van der Waals surface area (Å²) >= 11 is 0. The number of aromatic nitrogens is 3. The first-order valence-corrected chi connectivity index (χ1v) is 7.65. The van der Waals surface area contributed by atoms with Crippen LogP contribution in [-0.2, 0) is 9.84 Å². The molecule has 108 valence electrons. The van der Waals surface area contributed by atoms with Gasteiger partial charge in [0.1, 0.15) is 0 Å². The van der Waals surface area contributed by atoms with Gasteiger partial charge in [0.25, 0.3) is 11.4 Å². The van der Waals surface area contributed by atoms with Crippen molar-refractivity contribution >= 4 is 9.84 Å². The molecule has 3 aromatic heterocycles. The Morgan fingerprint density at radius 1 is 1.33 bits per heavy atom. The molecule has 0 bridgehead atoms. The minimum atomic E-state index is -3.46. The Morgan fingerprint density at radius 2 is 2.14 bits per heavy atom. The van der Waals surface area contributed by atoms with Gasteiger partial charge in [-0.25, -0.2) is 8.42 Å². The van der Waals surface area contributed by atoms with E-state index in [0.29, 0.717) is 5.76 Å². The van der Waals surface area contributed by atoms with Gasteiger partial charge in [0, 0.05) is 12.5 Å². The van der Waals surface area contributed by atoms with Crippen molar-refractivity contribution in [3.05, 3.63) is 41.0 Å². The SMILES string of the molecule is CS(=O)(=O)c1c[nH]c(=O)c(-c2noc(-c3ccco3)n2)c1. The van der Waals surface area contributed by atoms with Crippen LogP contribution >= 0.6 is 0 Å². The Balaban J connectivity index is 2.11. The van der Waals surface area contributed by atoms with Crippen LogP contribution in [0.4, 0.5) is 0 Å². The van der Waals surface area contributed by atoms with Gasteiger partial charge in [-0.1, -0.05) is 5.16 Å². The van der Waals surface area contributed by atoms with Crippen molar-refractivity contribution in [2.75, 3.05) is 6.26 Å².